The molecular formula is C10H9BF3KN2. The van der Waals surface area contributed by atoms with Crippen LogP contribution in [-0.2, 0) is 0 Å². The Morgan fingerprint density at radius 3 is 2.12 bits per heavy atom. The Morgan fingerprint density at radius 2 is 1.71 bits per heavy atom. The molecule has 2 nitrogen and oxygen atoms in total. The van der Waals surface area contributed by atoms with Crippen molar-refractivity contribution < 1.29 is 64.3 Å². The first-order valence-electron chi connectivity index (χ1n) is 4.78. The van der Waals surface area contributed by atoms with Gasteiger partial charge in [-0.25, -0.2) is 4.68 Å². The van der Waals surface area contributed by atoms with Gasteiger partial charge in [0.1, 0.15) is 0 Å². The van der Waals surface area contributed by atoms with Gasteiger partial charge in [0, 0.05) is 6.20 Å². The molecule has 0 saturated carbocycles. The van der Waals surface area contributed by atoms with E-state index in [1.165, 1.54) is 12.1 Å². The minimum Gasteiger partial charge on any atom is -0.445 e. The fraction of sp³-hybridized carbons (Fsp3) is 0.100. The van der Waals surface area contributed by atoms with E-state index in [4.69, 9.17) is 0 Å². The van der Waals surface area contributed by atoms with Crippen LogP contribution in [0.1, 0.15) is 5.56 Å². The van der Waals surface area contributed by atoms with Gasteiger partial charge >= 0.3 is 58.4 Å². The first kappa shape index (κ1) is 15.0. The first-order chi connectivity index (χ1) is 7.47. The molecule has 17 heavy (non-hydrogen) atoms. The summed E-state index contributed by atoms with van der Waals surface area (Å²) in [6, 6.07) is 4.98. The zero-order valence-corrected chi connectivity index (χ0v) is 12.7. The standard InChI is InChI=1S/C10H9BF3N2.K/c1-8-6-15-16(7-8)10-4-2-9(3-5-10)11(12,13)14;/h2-7H,1H3;/q-1;+1. The Morgan fingerprint density at radius 1 is 1.12 bits per heavy atom. The Hall–Kier alpha value is -0.0787. The molecule has 1 heterocycles. The third-order valence-electron chi connectivity index (χ3n) is 2.25. The van der Waals surface area contributed by atoms with Crippen molar-refractivity contribution in [3.63, 3.8) is 0 Å². The maximum atomic E-state index is 12.4. The molecule has 0 amide bonds. The van der Waals surface area contributed by atoms with Gasteiger partial charge in [0.2, 0.25) is 0 Å². The monoisotopic (exact) mass is 264 g/mol. The van der Waals surface area contributed by atoms with Gasteiger partial charge in [-0.2, -0.15) is 5.10 Å². The third kappa shape index (κ3) is 3.69. The van der Waals surface area contributed by atoms with Crippen molar-refractivity contribution in [2.75, 3.05) is 0 Å². The number of hydrogen-bond donors (Lipinski definition) is 0. The zero-order chi connectivity index (χ0) is 11.8. The molecule has 7 heteroatoms. The number of aryl methyl sites for hydroxylation is 1. The van der Waals surface area contributed by atoms with Crippen LogP contribution in [0.15, 0.2) is 36.7 Å². The van der Waals surface area contributed by atoms with Gasteiger partial charge in [-0.15, -0.1) is 5.46 Å². The van der Waals surface area contributed by atoms with Gasteiger partial charge in [0.15, 0.2) is 0 Å². The summed E-state index contributed by atoms with van der Waals surface area (Å²) < 4.78 is 38.6. The van der Waals surface area contributed by atoms with Crippen molar-refractivity contribution >= 4 is 12.4 Å². The molecule has 0 aliphatic carbocycles. The van der Waals surface area contributed by atoms with Crippen LogP contribution in [0.2, 0.25) is 0 Å². The van der Waals surface area contributed by atoms with E-state index in [-0.39, 0.29) is 51.4 Å². The Bertz CT molecular complexity index is 493. The second-order valence-electron chi connectivity index (χ2n) is 3.63. The molecular weight excluding hydrogens is 255 g/mol. The van der Waals surface area contributed by atoms with Crippen LogP contribution in [0.3, 0.4) is 0 Å². The molecule has 2 aromatic rings. The van der Waals surface area contributed by atoms with Gasteiger partial charge in [0.25, 0.3) is 0 Å². The molecule has 1 aromatic heterocycles. The summed E-state index contributed by atoms with van der Waals surface area (Å²) in [5.41, 5.74) is 0.994. The average Bonchev–Trinajstić information content (AvgIpc) is 2.64. The van der Waals surface area contributed by atoms with E-state index >= 15 is 0 Å². The van der Waals surface area contributed by atoms with Crippen LogP contribution >= 0.6 is 0 Å². The maximum absolute atomic E-state index is 12.4. The normalized spacial score (nSPS) is 11.1. The van der Waals surface area contributed by atoms with E-state index in [1.807, 2.05) is 6.92 Å². The summed E-state index contributed by atoms with van der Waals surface area (Å²) in [6.07, 6.45) is 3.41. The van der Waals surface area contributed by atoms with Crippen molar-refractivity contribution in [2.45, 2.75) is 6.92 Å². The molecule has 0 atom stereocenters. The largest absolute Gasteiger partial charge is 1.00 e. The van der Waals surface area contributed by atoms with Crippen molar-refractivity contribution in [3.8, 4) is 5.69 Å². The first-order valence-corrected chi connectivity index (χ1v) is 4.78. The van der Waals surface area contributed by atoms with E-state index in [9.17, 15) is 12.9 Å². The van der Waals surface area contributed by atoms with Gasteiger partial charge in [-0.05, 0) is 24.6 Å². The number of rotatable bonds is 2. The number of aromatic nitrogens is 2. The predicted molar refractivity (Wildman–Crippen MR) is 57.0 cm³/mol. The van der Waals surface area contributed by atoms with E-state index in [0.29, 0.717) is 5.69 Å². The minimum absolute atomic E-state index is 0. The zero-order valence-electron chi connectivity index (χ0n) is 9.57. The maximum Gasteiger partial charge on any atom is 1.00 e. The summed E-state index contributed by atoms with van der Waals surface area (Å²) in [7, 11) is 0. The molecule has 0 aliphatic rings. The van der Waals surface area contributed by atoms with E-state index < -0.39 is 12.4 Å². The van der Waals surface area contributed by atoms with Crippen LogP contribution in [0.4, 0.5) is 12.9 Å². The van der Waals surface area contributed by atoms with E-state index in [0.717, 1.165) is 17.7 Å². The molecule has 0 unspecified atom stereocenters. The number of nitrogens with zero attached hydrogens (tertiary/aromatic N) is 2. The summed E-state index contributed by atoms with van der Waals surface area (Å²) >= 11 is 0. The fourth-order valence-corrected chi connectivity index (χ4v) is 1.40. The van der Waals surface area contributed by atoms with Crippen LogP contribution in [0.5, 0.6) is 0 Å². The van der Waals surface area contributed by atoms with Gasteiger partial charge in [-0.1, -0.05) is 12.1 Å². The topological polar surface area (TPSA) is 17.8 Å². The molecule has 0 radical (unpaired) electrons. The van der Waals surface area contributed by atoms with Crippen LogP contribution < -0.4 is 56.8 Å². The molecule has 0 aliphatic heterocycles. The second-order valence-corrected chi connectivity index (χ2v) is 3.63. The Kier molecular flexibility index (Phi) is 5.03. The van der Waals surface area contributed by atoms with Gasteiger partial charge in [-0.3, -0.25) is 0 Å². The predicted octanol–water partition coefficient (Wildman–Crippen LogP) is -0.761. The average molecular weight is 264 g/mol. The van der Waals surface area contributed by atoms with Crippen molar-refractivity contribution in [1.29, 1.82) is 0 Å². The summed E-state index contributed by atoms with van der Waals surface area (Å²) in [5, 5.41) is 4.02. The molecule has 0 N–H and O–H groups in total. The SMILES string of the molecule is Cc1cnn(-c2ccc([B-](F)(F)F)cc2)c1.[K+]. The van der Waals surface area contributed by atoms with Crippen LogP contribution in [0.25, 0.3) is 5.69 Å². The number of halogens is 3. The molecule has 84 valence electrons. The fourth-order valence-electron chi connectivity index (χ4n) is 1.40. The third-order valence-corrected chi connectivity index (χ3v) is 2.25. The quantitative estimate of drug-likeness (QED) is 0.652. The smallest absolute Gasteiger partial charge is 0.445 e. The Labute approximate surface area is 140 Å². The van der Waals surface area contributed by atoms with Gasteiger partial charge in [0.05, 0.1) is 11.9 Å². The molecule has 2 rings (SSSR count). The summed E-state index contributed by atoms with van der Waals surface area (Å²) in [6.45, 7) is -3.05. The molecule has 0 bridgehead atoms. The van der Waals surface area contributed by atoms with Crippen molar-refractivity contribution in [1.82, 2.24) is 9.78 Å². The number of hydrogen-bond acceptors (Lipinski definition) is 1. The van der Waals surface area contributed by atoms with Crippen molar-refractivity contribution in [2.24, 2.45) is 0 Å². The van der Waals surface area contributed by atoms with E-state index in [1.54, 1.807) is 17.1 Å². The molecule has 0 saturated heterocycles. The Balaban J connectivity index is 0.00000144. The summed E-state index contributed by atoms with van der Waals surface area (Å²) in [4.78, 5) is 0. The van der Waals surface area contributed by atoms with Crippen molar-refractivity contribution in [3.05, 3.63) is 42.2 Å². The second kappa shape index (κ2) is 5.71. The minimum atomic E-state index is -4.92. The van der Waals surface area contributed by atoms with Gasteiger partial charge < -0.3 is 12.9 Å². The molecule has 1 aromatic carbocycles. The molecule has 0 spiro atoms. The molecule has 0 fully saturated rings. The van der Waals surface area contributed by atoms with E-state index in [2.05, 4.69) is 5.10 Å². The number of benzene rings is 1. The van der Waals surface area contributed by atoms with Crippen LogP contribution in [-0.4, -0.2) is 16.8 Å². The van der Waals surface area contributed by atoms with Crippen LogP contribution in [0, 0.1) is 6.92 Å². The summed E-state index contributed by atoms with van der Waals surface area (Å²) in [5.74, 6) is 0.